The molecule has 1 N–H and O–H groups in total. The molecule has 0 saturated carbocycles. The first-order chi connectivity index (χ1) is 8.92. The first-order valence-corrected chi connectivity index (χ1v) is 7.93. The molecule has 0 spiro atoms. The van der Waals surface area contributed by atoms with Crippen LogP contribution in [0.25, 0.3) is 0 Å². The van der Waals surface area contributed by atoms with Gasteiger partial charge in [0.1, 0.15) is 0 Å². The number of hydrogen-bond acceptors (Lipinski definition) is 5. The van der Waals surface area contributed by atoms with E-state index in [1.807, 2.05) is 18.5 Å². The Bertz CT molecular complexity index is 359. The van der Waals surface area contributed by atoms with E-state index >= 15 is 0 Å². The van der Waals surface area contributed by atoms with Crippen LogP contribution >= 0.6 is 11.8 Å². The van der Waals surface area contributed by atoms with Gasteiger partial charge in [-0.3, -0.25) is 0 Å². The van der Waals surface area contributed by atoms with Gasteiger partial charge in [-0.2, -0.15) is 11.8 Å². The standard InChI is InChI=1S/C13H20N4S/c1-5-14-13(15-6-1)17-7-2-11(3-8-17)16-12-4-9-18-10-12/h1,5-6,11-12,16H,2-4,7-10H2. The molecule has 4 nitrogen and oxygen atoms in total. The van der Waals surface area contributed by atoms with Gasteiger partial charge in [-0.15, -0.1) is 0 Å². The monoisotopic (exact) mass is 264 g/mol. The van der Waals surface area contributed by atoms with E-state index in [0.717, 1.165) is 25.1 Å². The summed E-state index contributed by atoms with van der Waals surface area (Å²) in [6, 6.07) is 3.31. The van der Waals surface area contributed by atoms with Gasteiger partial charge in [-0.25, -0.2) is 9.97 Å². The molecule has 3 heterocycles. The predicted molar refractivity (Wildman–Crippen MR) is 76.1 cm³/mol. The fraction of sp³-hybridized carbons (Fsp3) is 0.692. The fourth-order valence-electron chi connectivity index (χ4n) is 2.70. The number of aromatic nitrogens is 2. The average Bonchev–Trinajstić information content (AvgIpc) is 2.94. The van der Waals surface area contributed by atoms with Gasteiger partial charge in [0.15, 0.2) is 0 Å². The highest BCUT2D eigenvalue weighted by Gasteiger charge is 2.24. The Hall–Kier alpha value is -0.810. The minimum atomic E-state index is 0.689. The Balaban J connectivity index is 1.49. The molecule has 2 saturated heterocycles. The number of piperidine rings is 1. The van der Waals surface area contributed by atoms with Crippen LogP contribution < -0.4 is 10.2 Å². The first-order valence-electron chi connectivity index (χ1n) is 6.77. The molecule has 1 aromatic heterocycles. The van der Waals surface area contributed by atoms with Gasteiger partial charge < -0.3 is 10.2 Å². The molecular formula is C13H20N4S. The zero-order valence-corrected chi connectivity index (χ0v) is 11.4. The number of nitrogens with zero attached hydrogens (tertiary/aromatic N) is 3. The van der Waals surface area contributed by atoms with Crippen LogP contribution in [0.3, 0.4) is 0 Å². The minimum absolute atomic E-state index is 0.689. The van der Waals surface area contributed by atoms with Crippen molar-refractivity contribution in [2.24, 2.45) is 0 Å². The maximum atomic E-state index is 4.32. The van der Waals surface area contributed by atoms with Gasteiger partial charge in [0, 0.05) is 43.3 Å². The highest BCUT2D eigenvalue weighted by molar-refractivity contribution is 7.99. The lowest BCUT2D eigenvalue weighted by Gasteiger charge is -2.33. The molecule has 0 radical (unpaired) electrons. The molecule has 5 heteroatoms. The van der Waals surface area contributed by atoms with Crippen molar-refractivity contribution < 1.29 is 0 Å². The molecule has 18 heavy (non-hydrogen) atoms. The Morgan fingerprint density at radius 3 is 2.56 bits per heavy atom. The summed E-state index contributed by atoms with van der Waals surface area (Å²) in [6.07, 6.45) is 7.40. The number of thioether (sulfide) groups is 1. The van der Waals surface area contributed by atoms with Gasteiger partial charge in [0.05, 0.1) is 0 Å². The molecule has 1 aromatic rings. The number of hydrogen-bond donors (Lipinski definition) is 1. The molecule has 1 atom stereocenters. The van der Waals surface area contributed by atoms with Crippen LogP contribution in [-0.2, 0) is 0 Å². The van der Waals surface area contributed by atoms with Crippen molar-refractivity contribution in [2.45, 2.75) is 31.3 Å². The van der Waals surface area contributed by atoms with E-state index in [9.17, 15) is 0 Å². The van der Waals surface area contributed by atoms with Crippen LogP contribution in [-0.4, -0.2) is 46.6 Å². The third-order valence-electron chi connectivity index (χ3n) is 3.73. The average molecular weight is 264 g/mol. The molecule has 0 bridgehead atoms. The van der Waals surface area contributed by atoms with Gasteiger partial charge in [0.25, 0.3) is 0 Å². The predicted octanol–water partition coefficient (Wildman–Crippen LogP) is 1.54. The van der Waals surface area contributed by atoms with E-state index in [2.05, 4.69) is 31.9 Å². The lowest BCUT2D eigenvalue weighted by atomic mass is 10.0. The summed E-state index contributed by atoms with van der Waals surface area (Å²) in [7, 11) is 0. The van der Waals surface area contributed by atoms with Crippen LogP contribution in [0.1, 0.15) is 19.3 Å². The summed E-state index contributed by atoms with van der Waals surface area (Å²) in [5.74, 6) is 3.50. The highest BCUT2D eigenvalue weighted by atomic mass is 32.2. The van der Waals surface area contributed by atoms with E-state index in [-0.39, 0.29) is 0 Å². The van der Waals surface area contributed by atoms with Crippen molar-refractivity contribution in [1.29, 1.82) is 0 Å². The molecule has 0 aromatic carbocycles. The Morgan fingerprint density at radius 1 is 1.11 bits per heavy atom. The number of anilines is 1. The van der Waals surface area contributed by atoms with Gasteiger partial charge in [-0.05, 0) is 31.1 Å². The van der Waals surface area contributed by atoms with Crippen LogP contribution in [0, 0.1) is 0 Å². The molecule has 98 valence electrons. The number of nitrogens with one attached hydrogen (secondary N) is 1. The van der Waals surface area contributed by atoms with Crippen LogP contribution in [0.5, 0.6) is 0 Å². The number of rotatable bonds is 3. The SMILES string of the molecule is c1cnc(N2CCC(NC3CCSC3)CC2)nc1. The van der Waals surface area contributed by atoms with E-state index < -0.39 is 0 Å². The Kier molecular flexibility index (Phi) is 4.00. The minimum Gasteiger partial charge on any atom is -0.341 e. The zero-order chi connectivity index (χ0) is 12.2. The quantitative estimate of drug-likeness (QED) is 0.897. The van der Waals surface area contributed by atoms with E-state index in [1.165, 1.54) is 30.8 Å². The normalized spacial score (nSPS) is 25.6. The zero-order valence-electron chi connectivity index (χ0n) is 10.6. The van der Waals surface area contributed by atoms with Gasteiger partial charge >= 0.3 is 0 Å². The molecule has 3 rings (SSSR count). The summed E-state index contributed by atoms with van der Waals surface area (Å²) in [4.78, 5) is 10.9. The van der Waals surface area contributed by atoms with E-state index in [0.29, 0.717) is 6.04 Å². The largest absolute Gasteiger partial charge is 0.341 e. The molecule has 1 unspecified atom stereocenters. The molecule has 2 aliphatic heterocycles. The summed E-state index contributed by atoms with van der Waals surface area (Å²) in [6.45, 7) is 2.14. The smallest absolute Gasteiger partial charge is 0.225 e. The second-order valence-electron chi connectivity index (χ2n) is 5.04. The maximum absolute atomic E-state index is 4.32. The molecule has 2 aliphatic rings. The van der Waals surface area contributed by atoms with Crippen molar-refractivity contribution in [3.63, 3.8) is 0 Å². The molecule has 2 fully saturated rings. The first kappa shape index (κ1) is 12.2. The summed E-state index contributed by atoms with van der Waals surface area (Å²) < 4.78 is 0. The van der Waals surface area contributed by atoms with E-state index in [1.54, 1.807) is 0 Å². The third-order valence-corrected chi connectivity index (χ3v) is 4.89. The Morgan fingerprint density at radius 2 is 1.89 bits per heavy atom. The van der Waals surface area contributed by atoms with Crippen molar-refractivity contribution in [3.05, 3.63) is 18.5 Å². The molecule has 0 amide bonds. The van der Waals surface area contributed by atoms with Crippen LogP contribution in [0.4, 0.5) is 5.95 Å². The second-order valence-corrected chi connectivity index (χ2v) is 6.19. The van der Waals surface area contributed by atoms with Gasteiger partial charge in [-0.1, -0.05) is 0 Å². The Labute approximate surface area is 113 Å². The van der Waals surface area contributed by atoms with Crippen molar-refractivity contribution in [3.8, 4) is 0 Å². The molecular weight excluding hydrogens is 244 g/mol. The summed E-state index contributed by atoms with van der Waals surface area (Å²) in [5.41, 5.74) is 0. The van der Waals surface area contributed by atoms with Gasteiger partial charge in [0.2, 0.25) is 5.95 Å². The summed E-state index contributed by atoms with van der Waals surface area (Å²) in [5, 5.41) is 3.80. The lowest BCUT2D eigenvalue weighted by Crippen LogP contribution is -2.46. The van der Waals surface area contributed by atoms with Crippen molar-refractivity contribution in [2.75, 3.05) is 29.5 Å². The lowest BCUT2D eigenvalue weighted by molar-refractivity contribution is 0.377. The van der Waals surface area contributed by atoms with Crippen molar-refractivity contribution >= 4 is 17.7 Å². The maximum Gasteiger partial charge on any atom is 0.225 e. The second kappa shape index (κ2) is 5.89. The molecule has 0 aliphatic carbocycles. The van der Waals surface area contributed by atoms with Crippen molar-refractivity contribution in [1.82, 2.24) is 15.3 Å². The summed E-state index contributed by atoms with van der Waals surface area (Å²) >= 11 is 2.08. The fourth-order valence-corrected chi connectivity index (χ4v) is 3.87. The topological polar surface area (TPSA) is 41.1 Å². The third kappa shape index (κ3) is 2.95. The highest BCUT2D eigenvalue weighted by Crippen LogP contribution is 2.20. The van der Waals surface area contributed by atoms with Crippen LogP contribution in [0.2, 0.25) is 0 Å². The van der Waals surface area contributed by atoms with Crippen LogP contribution in [0.15, 0.2) is 18.5 Å². The van der Waals surface area contributed by atoms with E-state index in [4.69, 9.17) is 0 Å².